The van der Waals surface area contributed by atoms with Crippen molar-refractivity contribution in [3.05, 3.63) is 29.8 Å². The topological polar surface area (TPSA) is 24.4 Å². The Kier molecular flexibility index (Phi) is 3.33. The van der Waals surface area contributed by atoms with Crippen molar-refractivity contribution >= 4 is 22.6 Å². The van der Waals surface area contributed by atoms with Crippen molar-refractivity contribution < 1.29 is 13.2 Å². The number of amidine groups is 1. The molecule has 0 saturated carbocycles. The quantitative estimate of drug-likeness (QED) is 0.834. The second-order valence-corrected chi connectivity index (χ2v) is 4.77. The first-order chi connectivity index (χ1) is 7.97. The maximum Gasteiger partial charge on any atom is 0.418 e. The Morgan fingerprint density at radius 1 is 1.35 bits per heavy atom. The van der Waals surface area contributed by atoms with Crippen LogP contribution in [0.2, 0.25) is 0 Å². The Balaban J connectivity index is 2.24. The lowest BCUT2D eigenvalue weighted by Gasteiger charge is -2.13. The fraction of sp³-hybridized carbons (Fsp3) is 0.364. The van der Waals surface area contributed by atoms with Gasteiger partial charge in [-0.25, -0.2) is 0 Å². The molecule has 0 bridgehead atoms. The molecule has 17 heavy (non-hydrogen) atoms. The van der Waals surface area contributed by atoms with Crippen LogP contribution >= 0.6 is 11.8 Å². The zero-order valence-electron chi connectivity index (χ0n) is 9.08. The summed E-state index contributed by atoms with van der Waals surface area (Å²) >= 11 is 1.44. The Labute approximate surface area is 101 Å². The fourth-order valence-electron chi connectivity index (χ4n) is 1.50. The Morgan fingerprint density at radius 2 is 2.06 bits per heavy atom. The van der Waals surface area contributed by atoms with Gasteiger partial charge in [-0.05, 0) is 19.1 Å². The molecular weight excluding hydrogens is 249 g/mol. The van der Waals surface area contributed by atoms with Crippen LogP contribution in [0, 0.1) is 0 Å². The second-order valence-electron chi connectivity index (χ2n) is 3.76. The minimum absolute atomic E-state index is 0.0559. The third-order valence-electron chi connectivity index (χ3n) is 2.27. The SMILES string of the molecule is CC1CSC(Nc2ccccc2C(F)(F)F)=N1. The molecular formula is C11H11F3N2S. The van der Waals surface area contributed by atoms with Crippen molar-refractivity contribution in [1.82, 2.24) is 0 Å². The van der Waals surface area contributed by atoms with Crippen molar-refractivity contribution in [3.63, 3.8) is 0 Å². The smallest absolute Gasteiger partial charge is 0.334 e. The van der Waals surface area contributed by atoms with Gasteiger partial charge in [-0.15, -0.1) is 0 Å². The van der Waals surface area contributed by atoms with E-state index in [0.717, 1.165) is 11.8 Å². The lowest BCUT2D eigenvalue weighted by atomic mass is 10.2. The number of alkyl halides is 3. The molecule has 0 aromatic heterocycles. The number of nitrogens with zero attached hydrogens (tertiary/aromatic N) is 1. The van der Waals surface area contributed by atoms with Gasteiger partial charge in [0.05, 0.1) is 17.3 Å². The van der Waals surface area contributed by atoms with Crippen molar-refractivity contribution in [2.24, 2.45) is 4.99 Å². The number of nitrogens with one attached hydrogen (secondary N) is 1. The summed E-state index contributed by atoms with van der Waals surface area (Å²) in [5.41, 5.74) is -0.608. The van der Waals surface area contributed by atoms with Gasteiger partial charge >= 0.3 is 6.18 Å². The van der Waals surface area contributed by atoms with E-state index in [1.807, 2.05) is 6.92 Å². The van der Waals surface area contributed by atoms with Crippen LogP contribution < -0.4 is 5.32 Å². The minimum Gasteiger partial charge on any atom is -0.334 e. The second kappa shape index (κ2) is 4.60. The predicted octanol–water partition coefficient (Wildman–Crippen LogP) is 3.61. The van der Waals surface area contributed by atoms with Crippen LogP contribution in [0.4, 0.5) is 18.9 Å². The van der Waals surface area contributed by atoms with Gasteiger partial charge in [-0.3, -0.25) is 4.99 Å². The van der Waals surface area contributed by atoms with Gasteiger partial charge < -0.3 is 5.32 Å². The van der Waals surface area contributed by atoms with E-state index in [1.54, 1.807) is 6.07 Å². The number of halogens is 3. The number of para-hydroxylation sites is 1. The molecule has 1 aromatic carbocycles. The number of hydrogen-bond acceptors (Lipinski definition) is 3. The lowest BCUT2D eigenvalue weighted by molar-refractivity contribution is -0.136. The average molecular weight is 260 g/mol. The molecule has 1 aromatic rings. The fourth-order valence-corrected chi connectivity index (χ4v) is 2.41. The first-order valence-electron chi connectivity index (χ1n) is 5.10. The van der Waals surface area contributed by atoms with E-state index in [4.69, 9.17) is 0 Å². The standard InChI is InChI=1S/C11H11F3N2S/c1-7-6-17-10(15-7)16-9-5-3-2-4-8(9)11(12,13)14/h2-5,7H,6H2,1H3,(H,15,16). The molecule has 0 radical (unpaired) electrons. The highest BCUT2D eigenvalue weighted by molar-refractivity contribution is 8.14. The minimum atomic E-state index is -4.35. The molecule has 1 atom stereocenters. The van der Waals surface area contributed by atoms with E-state index in [1.165, 1.54) is 23.9 Å². The molecule has 92 valence electrons. The predicted molar refractivity (Wildman–Crippen MR) is 64.4 cm³/mol. The number of thioether (sulfide) groups is 1. The van der Waals surface area contributed by atoms with Crippen LogP contribution in [-0.4, -0.2) is 17.0 Å². The summed E-state index contributed by atoms with van der Waals surface area (Å²) in [7, 11) is 0. The largest absolute Gasteiger partial charge is 0.418 e. The highest BCUT2D eigenvalue weighted by atomic mass is 32.2. The summed E-state index contributed by atoms with van der Waals surface area (Å²) in [5, 5.41) is 3.29. The van der Waals surface area contributed by atoms with Gasteiger partial charge in [-0.2, -0.15) is 13.2 Å². The molecule has 1 heterocycles. The van der Waals surface area contributed by atoms with Crippen LogP contribution in [-0.2, 0) is 6.18 Å². The highest BCUT2D eigenvalue weighted by Gasteiger charge is 2.33. The van der Waals surface area contributed by atoms with Crippen LogP contribution in [0.15, 0.2) is 29.3 Å². The van der Waals surface area contributed by atoms with Crippen molar-refractivity contribution in [3.8, 4) is 0 Å². The molecule has 2 nitrogen and oxygen atoms in total. The Morgan fingerprint density at radius 3 is 2.65 bits per heavy atom. The molecule has 0 amide bonds. The van der Waals surface area contributed by atoms with Gasteiger partial charge in [0.15, 0.2) is 5.17 Å². The summed E-state index contributed by atoms with van der Waals surface area (Å²) in [4.78, 5) is 4.21. The number of aliphatic imine (C=N–C) groups is 1. The Bertz CT molecular complexity index is 443. The molecule has 2 rings (SSSR count). The van der Waals surface area contributed by atoms with E-state index in [0.29, 0.717) is 5.17 Å². The molecule has 1 aliphatic heterocycles. The maximum atomic E-state index is 12.7. The van der Waals surface area contributed by atoms with Gasteiger partial charge in [0.25, 0.3) is 0 Å². The number of hydrogen-bond donors (Lipinski definition) is 1. The van der Waals surface area contributed by atoms with Gasteiger partial charge in [0.1, 0.15) is 0 Å². The zero-order chi connectivity index (χ0) is 12.5. The summed E-state index contributed by atoms with van der Waals surface area (Å²) in [6.07, 6.45) is -4.35. The van der Waals surface area contributed by atoms with Crippen molar-refractivity contribution in [1.29, 1.82) is 0 Å². The molecule has 0 aliphatic carbocycles. The van der Waals surface area contributed by atoms with E-state index in [2.05, 4.69) is 10.3 Å². The first kappa shape index (κ1) is 12.3. The monoisotopic (exact) mass is 260 g/mol. The molecule has 0 fully saturated rings. The number of benzene rings is 1. The van der Waals surface area contributed by atoms with Crippen molar-refractivity contribution in [2.45, 2.75) is 19.1 Å². The zero-order valence-corrected chi connectivity index (χ0v) is 9.90. The van der Waals surface area contributed by atoms with Crippen LogP contribution in [0.3, 0.4) is 0 Å². The van der Waals surface area contributed by atoms with E-state index >= 15 is 0 Å². The molecule has 0 spiro atoms. The summed E-state index contributed by atoms with van der Waals surface area (Å²) in [6, 6.07) is 5.57. The van der Waals surface area contributed by atoms with Gasteiger partial charge in [0.2, 0.25) is 0 Å². The Hall–Kier alpha value is -1.17. The average Bonchev–Trinajstić information content (AvgIpc) is 2.63. The lowest BCUT2D eigenvalue weighted by Crippen LogP contribution is -2.13. The van der Waals surface area contributed by atoms with E-state index in [9.17, 15) is 13.2 Å². The molecule has 1 N–H and O–H groups in total. The summed E-state index contributed by atoms with van der Waals surface area (Å²) < 4.78 is 38.1. The summed E-state index contributed by atoms with van der Waals surface area (Å²) in [6.45, 7) is 1.93. The number of rotatable bonds is 1. The van der Waals surface area contributed by atoms with Gasteiger partial charge in [-0.1, -0.05) is 23.9 Å². The number of anilines is 1. The normalized spacial score (nSPS) is 20.2. The first-order valence-corrected chi connectivity index (χ1v) is 6.09. The summed E-state index contributed by atoms with van der Waals surface area (Å²) in [5.74, 6) is 0.802. The van der Waals surface area contributed by atoms with Crippen LogP contribution in [0.1, 0.15) is 12.5 Å². The van der Waals surface area contributed by atoms with Crippen LogP contribution in [0.25, 0.3) is 0 Å². The third-order valence-corrected chi connectivity index (χ3v) is 3.40. The molecule has 1 unspecified atom stereocenters. The van der Waals surface area contributed by atoms with Gasteiger partial charge in [0, 0.05) is 5.75 Å². The molecule has 6 heteroatoms. The third kappa shape index (κ3) is 2.94. The molecule has 1 aliphatic rings. The van der Waals surface area contributed by atoms with Crippen molar-refractivity contribution in [2.75, 3.05) is 11.1 Å². The van der Waals surface area contributed by atoms with Crippen LogP contribution in [0.5, 0.6) is 0 Å². The molecule has 0 saturated heterocycles. The van der Waals surface area contributed by atoms with E-state index in [-0.39, 0.29) is 11.7 Å². The van der Waals surface area contributed by atoms with E-state index < -0.39 is 11.7 Å². The maximum absolute atomic E-state index is 12.7. The highest BCUT2D eigenvalue weighted by Crippen LogP contribution is 2.35.